The fourth-order valence-corrected chi connectivity index (χ4v) is 1.95. The first kappa shape index (κ1) is 15.7. The van der Waals surface area contributed by atoms with Crippen molar-refractivity contribution in [3.8, 4) is 0 Å². The van der Waals surface area contributed by atoms with Crippen molar-refractivity contribution in [2.24, 2.45) is 7.05 Å². The van der Waals surface area contributed by atoms with Gasteiger partial charge < -0.3 is 10.4 Å². The van der Waals surface area contributed by atoms with Gasteiger partial charge in [-0.25, -0.2) is 0 Å². The first-order valence-corrected chi connectivity index (χ1v) is 6.45. The van der Waals surface area contributed by atoms with Crippen LogP contribution in [0.25, 0.3) is 6.08 Å². The summed E-state index contributed by atoms with van der Waals surface area (Å²) in [5.41, 5.74) is 1.06. The quantitative estimate of drug-likeness (QED) is 0.809. The number of aliphatic hydroxyl groups is 1. The Morgan fingerprint density at radius 3 is 2.68 bits per heavy atom. The molecule has 1 rings (SSSR count). The summed E-state index contributed by atoms with van der Waals surface area (Å²) < 4.78 is 1.56. The standard InChI is InChI=1S/C13H20ClN3O2/c1-9-10(12(14)17(4)16-9)5-6-11(19)15-13(2,3)7-8-18/h5-6,18H,7-8H2,1-4H3,(H,15,19)/b6-5+. The molecule has 2 N–H and O–H groups in total. The van der Waals surface area contributed by atoms with Gasteiger partial charge in [-0.15, -0.1) is 0 Å². The number of carbonyl (C=O) groups excluding carboxylic acids is 1. The molecule has 1 amide bonds. The fourth-order valence-electron chi connectivity index (χ4n) is 1.71. The molecule has 0 unspecified atom stereocenters. The van der Waals surface area contributed by atoms with Crippen molar-refractivity contribution in [2.75, 3.05) is 6.61 Å². The van der Waals surface area contributed by atoms with Crippen LogP contribution in [0.2, 0.25) is 5.15 Å². The SMILES string of the molecule is Cc1nn(C)c(Cl)c1/C=C/C(=O)NC(C)(C)CCO. The Kier molecular flexibility index (Phi) is 5.14. The highest BCUT2D eigenvalue weighted by atomic mass is 35.5. The zero-order chi connectivity index (χ0) is 14.6. The van der Waals surface area contributed by atoms with Gasteiger partial charge in [-0.1, -0.05) is 11.6 Å². The van der Waals surface area contributed by atoms with Gasteiger partial charge in [0.25, 0.3) is 0 Å². The van der Waals surface area contributed by atoms with Crippen LogP contribution in [-0.2, 0) is 11.8 Å². The van der Waals surface area contributed by atoms with Crippen LogP contribution >= 0.6 is 11.6 Å². The molecule has 0 saturated carbocycles. The van der Waals surface area contributed by atoms with E-state index in [1.54, 1.807) is 17.8 Å². The lowest BCUT2D eigenvalue weighted by Crippen LogP contribution is -2.43. The number of carbonyl (C=O) groups is 1. The predicted molar refractivity (Wildman–Crippen MR) is 75.9 cm³/mol. The minimum atomic E-state index is -0.441. The first-order chi connectivity index (χ1) is 8.76. The van der Waals surface area contributed by atoms with Crippen LogP contribution in [0.4, 0.5) is 0 Å². The Morgan fingerprint density at radius 1 is 1.58 bits per heavy atom. The summed E-state index contributed by atoms with van der Waals surface area (Å²) in [5, 5.41) is 16.4. The molecule has 0 fully saturated rings. The maximum Gasteiger partial charge on any atom is 0.244 e. The number of rotatable bonds is 5. The van der Waals surface area contributed by atoms with E-state index >= 15 is 0 Å². The van der Waals surface area contributed by atoms with Crippen LogP contribution in [-0.4, -0.2) is 32.9 Å². The van der Waals surface area contributed by atoms with Gasteiger partial charge in [-0.2, -0.15) is 5.10 Å². The monoisotopic (exact) mass is 285 g/mol. The lowest BCUT2D eigenvalue weighted by Gasteiger charge is -2.24. The van der Waals surface area contributed by atoms with Crippen LogP contribution < -0.4 is 5.32 Å². The van der Waals surface area contributed by atoms with Crippen LogP contribution in [0, 0.1) is 6.92 Å². The highest BCUT2D eigenvalue weighted by Gasteiger charge is 2.18. The Labute approximate surface area is 118 Å². The van der Waals surface area contributed by atoms with Gasteiger partial charge in [-0.05, 0) is 33.3 Å². The van der Waals surface area contributed by atoms with Crippen molar-refractivity contribution in [2.45, 2.75) is 32.7 Å². The second-order valence-corrected chi connectivity index (χ2v) is 5.45. The molecule has 0 radical (unpaired) electrons. The molecule has 0 bridgehead atoms. The Hall–Kier alpha value is -1.33. The van der Waals surface area contributed by atoms with E-state index in [1.165, 1.54) is 6.08 Å². The van der Waals surface area contributed by atoms with E-state index in [2.05, 4.69) is 10.4 Å². The number of aliphatic hydroxyl groups excluding tert-OH is 1. The molecular weight excluding hydrogens is 266 g/mol. The van der Waals surface area contributed by atoms with E-state index in [0.29, 0.717) is 11.6 Å². The Morgan fingerprint density at radius 2 is 2.21 bits per heavy atom. The van der Waals surface area contributed by atoms with Gasteiger partial charge in [0.05, 0.1) is 5.69 Å². The third kappa shape index (κ3) is 4.36. The average Bonchev–Trinajstić information content (AvgIpc) is 2.50. The third-order valence-electron chi connectivity index (χ3n) is 2.80. The van der Waals surface area contributed by atoms with Crippen molar-refractivity contribution in [3.63, 3.8) is 0 Å². The molecular formula is C13H20ClN3O2. The number of amides is 1. The van der Waals surface area contributed by atoms with Gasteiger partial charge in [0.15, 0.2) is 0 Å². The highest BCUT2D eigenvalue weighted by Crippen LogP contribution is 2.20. The Balaban J connectivity index is 2.74. The third-order valence-corrected chi connectivity index (χ3v) is 3.24. The van der Waals surface area contributed by atoms with E-state index in [-0.39, 0.29) is 12.5 Å². The molecule has 1 heterocycles. The number of halogens is 1. The zero-order valence-electron chi connectivity index (χ0n) is 11.7. The van der Waals surface area contributed by atoms with E-state index < -0.39 is 5.54 Å². The van der Waals surface area contributed by atoms with Gasteiger partial charge in [0, 0.05) is 30.8 Å². The van der Waals surface area contributed by atoms with Crippen molar-refractivity contribution in [1.82, 2.24) is 15.1 Å². The van der Waals surface area contributed by atoms with E-state index in [9.17, 15) is 4.79 Å². The fraction of sp³-hybridized carbons (Fsp3) is 0.538. The minimum Gasteiger partial charge on any atom is -0.396 e. The number of nitrogens with one attached hydrogen (secondary N) is 1. The number of hydrogen-bond donors (Lipinski definition) is 2. The summed E-state index contributed by atoms with van der Waals surface area (Å²) in [5.74, 6) is -0.224. The number of hydrogen-bond acceptors (Lipinski definition) is 3. The predicted octanol–water partition coefficient (Wildman–Crippen LogP) is 1.67. The molecule has 0 aromatic carbocycles. The van der Waals surface area contributed by atoms with Gasteiger partial charge in [0.2, 0.25) is 5.91 Å². The summed E-state index contributed by atoms with van der Waals surface area (Å²) in [6.07, 6.45) is 3.57. The average molecular weight is 286 g/mol. The van der Waals surface area contributed by atoms with Crippen molar-refractivity contribution >= 4 is 23.6 Å². The minimum absolute atomic E-state index is 0.0323. The topological polar surface area (TPSA) is 67.2 Å². The summed E-state index contributed by atoms with van der Waals surface area (Å²) in [6.45, 7) is 5.58. The summed E-state index contributed by atoms with van der Waals surface area (Å²) >= 11 is 6.06. The molecule has 0 aliphatic carbocycles. The second-order valence-electron chi connectivity index (χ2n) is 5.09. The maximum atomic E-state index is 11.8. The van der Waals surface area contributed by atoms with Crippen LogP contribution in [0.3, 0.4) is 0 Å². The van der Waals surface area contributed by atoms with E-state index in [4.69, 9.17) is 16.7 Å². The molecule has 0 atom stereocenters. The molecule has 0 saturated heterocycles. The van der Waals surface area contributed by atoms with Gasteiger partial charge >= 0.3 is 0 Å². The first-order valence-electron chi connectivity index (χ1n) is 6.07. The lowest BCUT2D eigenvalue weighted by atomic mass is 10.0. The number of aromatic nitrogens is 2. The molecule has 1 aromatic rings. The van der Waals surface area contributed by atoms with E-state index in [0.717, 1.165) is 11.3 Å². The zero-order valence-corrected chi connectivity index (χ0v) is 12.5. The van der Waals surface area contributed by atoms with Crippen LogP contribution in [0.5, 0.6) is 0 Å². The van der Waals surface area contributed by atoms with Crippen molar-refractivity contribution in [3.05, 3.63) is 22.5 Å². The summed E-state index contributed by atoms with van der Waals surface area (Å²) in [7, 11) is 1.75. The molecule has 0 spiro atoms. The second kappa shape index (κ2) is 6.21. The van der Waals surface area contributed by atoms with Crippen molar-refractivity contribution < 1.29 is 9.90 Å². The van der Waals surface area contributed by atoms with Crippen LogP contribution in [0.1, 0.15) is 31.5 Å². The molecule has 6 heteroatoms. The molecule has 19 heavy (non-hydrogen) atoms. The van der Waals surface area contributed by atoms with Crippen LogP contribution in [0.15, 0.2) is 6.08 Å². The molecule has 5 nitrogen and oxygen atoms in total. The highest BCUT2D eigenvalue weighted by molar-refractivity contribution is 6.31. The summed E-state index contributed by atoms with van der Waals surface area (Å²) in [6, 6.07) is 0. The number of nitrogens with zero attached hydrogens (tertiary/aromatic N) is 2. The van der Waals surface area contributed by atoms with Crippen molar-refractivity contribution in [1.29, 1.82) is 0 Å². The molecule has 0 aliphatic heterocycles. The van der Waals surface area contributed by atoms with Gasteiger partial charge in [0.1, 0.15) is 5.15 Å². The van der Waals surface area contributed by atoms with E-state index in [1.807, 2.05) is 20.8 Å². The largest absolute Gasteiger partial charge is 0.396 e. The Bertz CT molecular complexity index is 492. The van der Waals surface area contributed by atoms with Gasteiger partial charge in [-0.3, -0.25) is 9.48 Å². The lowest BCUT2D eigenvalue weighted by molar-refractivity contribution is -0.118. The molecule has 1 aromatic heterocycles. The smallest absolute Gasteiger partial charge is 0.244 e. The molecule has 106 valence electrons. The summed E-state index contributed by atoms with van der Waals surface area (Å²) in [4.78, 5) is 11.8. The number of aryl methyl sites for hydroxylation is 2. The molecule has 0 aliphatic rings. The maximum absolute atomic E-state index is 11.8. The normalized spacial score (nSPS) is 12.1.